The van der Waals surface area contributed by atoms with Gasteiger partial charge in [0.1, 0.15) is 0 Å². The minimum Gasteiger partial charge on any atom is -0.481 e. The summed E-state index contributed by atoms with van der Waals surface area (Å²) in [5.74, 6) is -0.397. The molecule has 2 N–H and O–H groups in total. The van der Waals surface area contributed by atoms with Crippen molar-refractivity contribution in [2.24, 2.45) is 5.92 Å². The van der Waals surface area contributed by atoms with E-state index >= 15 is 0 Å². The number of hydrogen-bond acceptors (Lipinski definition) is 5. The van der Waals surface area contributed by atoms with Crippen LogP contribution >= 0.6 is 0 Å². The Labute approximate surface area is 126 Å². The van der Waals surface area contributed by atoms with E-state index in [1.165, 1.54) is 0 Å². The maximum absolute atomic E-state index is 10.9. The standard InChI is InChI=1S/C15H27NO5/c1-20-4-5-21-10-14(17)9-16-12-2-3-13(16)7-11(6-12)8-15(18)19/h11-14,17H,2-10H2,1H3,(H,18,19). The molecule has 122 valence electrons. The van der Waals surface area contributed by atoms with Gasteiger partial charge < -0.3 is 19.7 Å². The van der Waals surface area contributed by atoms with E-state index in [0.717, 1.165) is 25.7 Å². The number of carboxylic acids is 1. The summed E-state index contributed by atoms with van der Waals surface area (Å²) in [5.41, 5.74) is 0. The van der Waals surface area contributed by atoms with Gasteiger partial charge in [0, 0.05) is 32.2 Å². The van der Waals surface area contributed by atoms with Crippen molar-refractivity contribution in [1.82, 2.24) is 4.90 Å². The zero-order chi connectivity index (χ0) is 15.2. The van der Waals surface area contributed by atoms with Gasteiger partial charge in [0.25, 0.3) is 0 Å². The molecule has 0 aromatic carbocycles. The Bertz CT molecular complexity index is 324. The zero-order valence-electron chi connectivity index (χ0n) is 12.7. The van der Waals surface area contributed by atoms with Crippen molar-refractivity contribution in [3.8, 4) is 0 Å². The van der Waals surface area contributed by atoms with Crippen molar-refractivity contribution in [2.45, 2.75) is 50.3 Å². The Kier molecular flexibility index (Phi) is 6.41. The number of piperidine rings is 1. The summed E-state index contributed by atoms with van der Waals surface area (Å²) >= 11 is 0. The molecule has 3 unspecified atom stereocenters. The molecule has 2 saturated heterocycles. The van der Waals surface area contributed by atoms with E-state index in [-0.39, 0.29) is 6.42 Å². The average molecular weight is 301 g/mol. The van der Waals surface area contributed by atoms with E-state index in [0.29, 0.717) is 44.4 Å². The molecule has 2 aliphatic rings. The number of carbonyl (C=O) groups is 1. The molecule has 0 amide bonds. The minimum absolute atomic E-state index is 0.281. The SMILES string of the molecule is COCCOCC(O)CN1C2CCC1CC(CC(=O)O)C2. The first kappa shape index (κ1) is 16.7. The van der Waals surface area contributed by atoms with Crippen molar-refractivity contribution >= 4 is 5.97 Å². The Morgan fingerprint density at radius 1 is 1.29 bits per heavy atom. The molecular formula is C15H27NO5. The first-order valence-electron chi connectivity index (χ1n) is 7.82. The molecule has 2 rings (SSSR count). The lowest BCUT2D eigenvalue weighted by Gasteiger charge is -2.39. The van der Waals surface area contributed by atoms with Gasteiger partial charge in [-0.25, -0.2) is 0 Å². The van der Waals surface area contributed by atoms with E-state index in [1.54, 1.807) is 7.11 Å². The zero-order valence-corrected chi connectivity index (χ0v) is 12.7. The van der Waals surface area contributed by atoms with Gasteiger partial charge in [-0.1, -0.05) is 0 Å². The summed E-state index contributed by atoms with van der Waals surface area (Å²) in [4.78, 5) is 13.2. The van der Waals surface area contributed by atoms with Crippen molar-refractivity contribution in [1.29, 1.82) is 0 Å². The van der Waals surface area contributed by atoms with Gasteiger partial charge in [-0.15, -0.1) is 0 Å². The molecule has 2 aliphatic heterocycles. The van der Waals surface area contributed by atoms with E-state index in [9.17, 15) is 9.90 Å². The molecule has 0 aromatic rings. The van der Waals surface area contributed by atoms with Gasteiger partial charge >= 0.3 is 5.97 Å². The highest BCUT2D eigenvalue weighted by Gasteiger charge is 2.41. The lowest BCUT2D eigenvalue weighted by Crippen LogP contribution is -2.47. The monoisotopic (exact) mass is 301 g/mol. The molecule has 6 nitrogen and oxygen atoms in total. The van der Waals surface area contributed by atoms with Crippen LogP contribution in [0.1, 0.15) is 32.1 Å². The normalized spacial score (nSPS) is 30.5. The quantitative estimate of drug-likeness (QED) is 0.611. The van der Waals surface area contributed by atoms with Crippen LogP contribution in [0.2, 0.25) is 0 Å². The minimum atomic E-state index is -0.695. The highest BCUT2D eigenvalue weighted by Crippen LogP contribution is 2.39. The van der Waals surface area contributed by atoms with Crippen molar-refractivity contribution in [2.75, 3.05) is 33.5 Å². The van der Waals surface area contributed by atoms with E-state index in [4.69, 9.17) is 14.6 Å². The summed E-state index contributed by atoms with van der Waals surface area (Å²) in [7, 11) is 1.62. The second-order valence-corrected chi connectivity index (χ2v) is 6.24. The number of carboxylic acid groups (broad SMARTS) is 1. The van der Waals surface area contributed by atoms with Gasteiger partial charge in [0.2, 0.25) is 0 Å². The Balaban J connectivity index is 1.74. The van der Waals surface area contributed by atoms with Crippen molar-refractivity contribution in [3.63, 3.8) is 0 Å². The number of aliphatic hydroxyl groups excluding tert-OH is 1. The van der Waals surface area contributed by atoms with Gasteiger partial charge in [0.15, 0.2) is 0 Å². The number of ether oxygens (including phenoxy) is 2. The predicted octanol–water partition coefficient (Wildman–Crippen LogP) is 0.728. The van der Waals surface area contributed by atoms with E-state index < -0.39 is 12.1 Å². The number of aliphatic hydroxyl groups is 1. The molecule has 0 aliphatic carbocycles. The summed E-state index contributed by atoms with van der Waals surface area (Å²) in [5, 5.41) is 19.0. The fraction of sp³-hybridized carbons (Fsp3) is 0.933. The third kappa shape index (κ3) is 4.92. The number of fused-ring (bicyclic) bond motifs is 2. The lowest BCUT2D eigenvalue weighted by atomic mass is 9.88. The van der Waals surface area contributed by atoms with Gasteiger partial charge in [-0.2, -0.15) is 0 Å². The molecule has 0 radical (unpaired) electrons. The molecule has 2 fully saturated rings. The first-order chi connectivity index (χ1) is 10.1. The van der Waals surface area contributed by atoms with Crippen LogP contribution in [0.3, 0.4) is 0 Å². The van der Waals surface area contributed by atoms with Crippen LogP contribution in [0, 0.1) is 5.92 Å². The molecule has 3 atom stereocenters. The van der Waals surface area contributed by atoms with Gasteiger partial charge in [-0.05, 0) is 31.6 Å². The summed E-state index contributed by atoms with van der Waals surface area (Å²) in [6.07, 6.45) is 3.93. The molecule has 2 heterocycles. The molecule has 0 spiro atoms. The van der Waals surface area contributed by atoms with Crippen LogP contribution in [0.5, 0.6) is 0 Å². The number of aliphatic carboxylic acids is 1. The van der Waals surface area contributed by atoms with Crippen LogP contribution in [0.15, 0.2) is 0 Å². The molecule has 0 aromatic heterocycles. The van der Waals surface area contributed by atoms with Crippen LogP contribution < -0.4 is 0 Å². The molecule has 21 heavy (non-hydrogen) atoms. The van der Waals surface area contributed by atoms with Crippen molar-refractivity contribution in [3.05, 3.63) is 0 Å². The maximum Gasteiger partial charge on any atom is 0.303 e. The first-order valence-corrected chi connectivity index (χ1v) is 7.82. The van der Waals surface area contributed by atoms with Crippen LogP contribution in [0.25, 0.3) is 0 Å². The second-order valence-electron chi connectivity index (χ2n) is 6.24. The number of hydrogen-bond donors (Lipinski definition) is 2. The summed E-state index contributed by atoms with van der Waals surface area (Å²) < 4.78 is 10.3. The largest absolute Gasteiger partial charge is 0.481 e. The smallest absolute Gasteiger partial charge is 0.303 e. The molecule has 6 heteroatoms. The molecule has 0 saturated carbocycles. The lowest BCUT2D eigenvalue weighted by molar-refractivity contribution is -0.138. The van der Waals surface area contributed by atoms with Crippen LogP contribution in [-0.4, -0.2) is 72.7 Å². The fourth-order valence-electron chi connectivity index (χ4n) is 3.76. The van der Waals surface area contributed by atoms with Crippen LogP contribution in [-0.2, 0) is 14.3 Å². The van der Waals surface area contributed by atoms with Crippen LogP contribution in [0.4, 0.5) is 0 Å². The average Bonchev–Trinajstić information content (AvgIpc) is 2.66. The Hall–Kier alpha value is -0.690. The van der Waals surface area contributed by atoms with Gasteiger partial charge in [-0.3, -0.25) is 9.69 Å². The second kappa shape index (κ2) is 8.08. The fourth-order valence-corrected chi connectivity index (χ4v) is 3.76. The summed E-state index contributed by atoms with van der Waals surface area (Å²) in [6.45, 7) is 2.00. The highest BCUT2D eigenvalue weighted by molar-refractivity contribution is 5.67. The van der Waals surface area contributed by atoms with Crippen molar-refractivity contribution < 1.29 is 24.5 Å². The predicted molar refractivity (Wildman–Crippen MR) is 77.2 cm³/mol. The van der Waals surface area contributed by atoms with E-state index in [2.05, 4.69) is 4.90 Å². The van der Waals surface area contributed by atoms with E-state index in [1.807, 2.05) is 0 Å². The Morgan fingerprint density at radius 3 is 2.52 bits per heavy atom. The van der Waals surface area contributed by atoms with Gasteiger partial charge in [0.05, 0.1) is 25.9 Å². The number of rotatable bonds is 9. The summed E-state index contributed by atoms with van der Waals surface area (Å²) in [6, 6.07) is 0.864. The molecular weight excluding hydrogens is 274 g/mol. The Morgan fingerprint density at radius 2 is 1.95 bits per heavy atom. The highest BCUT2D eigenvalue weighted by atomic mass is 16.5. The molecule has 2 bridgehead atoms. The number of nitrogens with zero attached hydrogens (tertiary/aromatic N) is 1. The third-order valence-corrected chi connectivity index (χ3v) is 4.61. The third-order valence-electron chi connectivity index (χ3n) is 4.61. The number of methoxy groups -OCH3 is 1. The topological polar surface area (TPSA) is 79.2 Å². The maximum atomic E-state index is 10.9.